The van der Waals surface area contributed by atoms with Crippen molar-refractivity contribution in [3.05, 3.63) is 10.5 Å². The molecule has 7 heteroatoms. The Morgan fingerprint density at radius 3 is 1.14 bits per heavy atom. The van der Waals surface area contributed by atoms with Crippen LogP contribution in [0.3, 0.4) is 0 Å². The van der Waals surface area contributed by atoms with E-state index < -0.39 is 13.0 Å². The Morgan fingerprint density at radius 1 is 1.14 bits per heavy atom. The van der Waals surface area contributed by atoms with Crippen LogP contribution < -0.4 is 0 Å². The van der Waals surface area contributed by atoms with E-state index in [2.05, 4.69) is 0 Å². The summed E-state index contributed by atoms with van der Waals surface area (Å²) in [5.74, 6) is 0. The first-order chi connectivity index (χ1) is 2.73. The molecule has 0 bridgehead atoms. The molecule has 0 rings (SSSR count). The molecule has 0 amide bonds. The number of nitrogens with zero attached hydrogens (tertiary/aromatic N) is 1. The number of halogens is 3. The van der Waals surface area contributed by atoms with Crippen LogP contribution in [0.15, 0.2) is 0 Å². The van der Waals surface area contributed by atoms with Crippen LogP contribution in [0.1, 0.15) is 0 Å². The zero-order valence-electron chi connectivity index (χ0n) is 2.84. The van der Waals surface area contributed by atoms with Crippen molar-refractivity contribution in [3.8, 4) is 0 Å². The molecule has 0 spiro atoms. The molecule has 0 fully saturated rings. The fraction of sp³-hybridized carbons (Fsp3) is 0. The summed E-state index contributed by atoms with van der Waals surface area (Å²) in [6.07, 6.45) is 0. The Morgan fingerprint density at radius 2 is 1.14 bits per heavy atom. The van der Waals surface area contributed by atoms with E-state index in [-0.39, 0.29) is 5.48 Å². The summed E-state index contributed by atoms with van der Waals surface area (Å²) in [5, 5.41) is 0. The van der Waals surface area contributed by atoms with Gasteiger partial charge >= 0.3 is 42.1 Å². The van der Waals surface area contributed by atoms with Crippen LogP contribution in [0.25, 0.3) is 5.59 Å². The molecule has 0 aromatic heterocycles. The standard InChI is InChI=1S/3ClH.NO.H2O.Ru/c;;;1-2;;/h3*1H;;1H2;/q;;;-1;;+2/p-3. The molecule has 0 unspecified atom stereocenters. The first kappa shape index (κ1) is 15.7. The van der Waals surface area contributed by atoms with E-state index in [0.29, 0.717) is 0 Å². The molecule has 0 radical (unpaired) electrons. The van der Waals surface area contributed by atoms with E-state index in [4.69, 9.17) is 39.6 Å². The maximum Gasteiger partial charge on any atom is -0.423 e. The first-order valence-electron chi connectivity index (χ1n) is 0.583. The molecule has 0 aliphatic heterocycles. The molecule has 0 aromatic carbocycles. The minimum absolute atomic E-state index is 0. The number of rotatable bonds is 0. The Labute approximate surface area is 58.0 Å². The van der Waals surface area contributed by atoms with E-state index in [9.17, 15) is 0 Å². The Kier molecular flexibility index (Phi) is 35.3. The van der Waals surface area contributed by atoms with Crippen molar-refractivity contribution in [3.63, 3.8) is 0 Å². The SMILES string of the molecule is O.[Cl][Ru-]([Cl])[Cl].[N-]=O. The predicted octanol–water partition coefficient (Wildman–Crippen LogP) is 1.56. The van der Waals surface area contributed by atoms with Crippen molar-refractivity contribution in [2.24, 2.45) is 0 Å². The van der Waals surface area contributed by atoms with Crippen LogP contribution >= 0.6 is 29.1 Å². The van der Waals surface area contributed by atoms with Gasteiger partial charge in [0.05, 0.1) is 0 Å². The molecule has 0 saturated heterocycles. The van der Waals surface area contributed by atoms with Gasteiger partial charge in [0.15, 0.2) is 0 Å². The minimum Gasteiger partial charge on any atom is -0.577 e. The first-order valence-corrected chi connectivity index (χ1v) is 7.30. The molecule has 7 heavy (non-hydrogen) atoms. The van der Waals surface area contributed by atoms with Crippen LogP contribution in [0.4, 0.5) is 0 Å². The summed E-state index contributed by atoms with van der Waals surface area (Å²) in [6, 6.07) is 0. The molecule has 50 valence electrons. The second kappa shape index (κ2) is 15.7. The van der Waals surface area contributed by atoms with Gasteiger partial charge in [0.25, 0.3) is 0 Å². The van der Waals surface area contributed by atoms with Crippen LogP contribution in [0.5, 0.6) is 0 Å². The molecular formula is H2Cl3NO2Ru-2. The largest absolute Gasteiger partial charge is 0.577 e. The van der Waals surface area contributed by atoms with Gasteiger partial charge in [0.1, 0.15) is 0 Å². The average Bonchev–Trinajstić information content (AvgIpc) is 1.41. The zero-order chi connectivity index (χ0) is 5.58. The van der Waals surface area contributed by atoms with Crippen molar-refractivity contribution in [2.45, 2.75) is 0 Å². The molecule has 0 aromatic rings. The fourth-order valence-electron chi connectivity index (χ4n) is 0. The van der Waals surface area contributed by atoms with E-state index in [1.54, 1.807) is 0 Å². The zero-order valence-corrected chi connectivity index (χ0v) is 6.85. The van der Waals surface area contributed by atoms with Crippen molar-refractivity contribution < 1.29 is 18.5 Å². The molecule has 0 saturated carbocycles. The van der Waals surface area contributed by atoms with Gasteiger partial charge in [0.2, 0.25) is 0 Å². The summed E-state index contributed by atoms with van der Waals surface area (Å²) in [4.78, 5) is 7.25. The van der Waals surface area contributed by atoms with Crippen LogP contribution in [-0.4, -0.2) is 5.48 Å². The average molecular weight is 255 g/mol. The normalized spacial score (nSPS) is 7.00. The van der Waals surface area contributed by atoms with Gasteiger partial charge in [-0.2, -0.15) is 0 Å². The van der Waals surface area contributed by atoms with E-state index in [1.165, 1.54) is 0 Å². The van der Waals surface area contributed by atoms with Crippen molar-refractivity contribution in [1.82, 2.24) is 0 Å². The second-order valence-corrected chi connectivity index (χ2v) is 8.07. The molecule has 0 aliphatic rings. The third-order valence-corrected chi connectivity index (χ3v) is 0. The summed E-state index contributed by atoms with van der Waals surface area (Å²) < 4.78 is 0. The molecule has 3 nitrogen and oxygen atoms in total. The van der Waals surface area contributed by atoms with Gasteiger partial charge in [-0.05, 0) is 0 Å². The van der Waals surface area contributed by atoms with Gasteiger partial charge in [-0.3, -0.25) is 0 Å². The van der Waals surface area contributed by atoms with E-state index >= 15 is 0 Å². The third kappa shape index (κ3) is 162. The van der Waals surface area contributed by atoms with Crippen molar-refractivity contribution in [2.75, 3.05) is 0 Å². The Hall–Kier alpha value is 1.05. The Bertz CT molecular complexity index is 24.1. The van der Waals surface area contributed by atoms with Gasteiger partial charge in [-0.1, -0.05) is 0 Å². The van der Waals surface area contributed by atoms with E-state index in [1.807, 2.05) is 0 Å². The molecule has 0 heterocycles. The maximum atomic E-state index is 7.25. The quantitative estimate of drug-likeness (QED) is 0.606. The van der Waals surface area contributed by atoms with E-state index in [0.717, 1.165) is 0 Å². The summed E-state index contributed by atoms with van der Waals surface area (Å²) in [5.41, 5.74) is 5.75. The predicted molar refractivity (Wildman–Crippen MR) is 27.9 cm³/mol. The monoisotopic (exact) mass is 255 g/mol. The number of hydrogen-bond acceptors (Lipinski definition) is 1. The van der Waals surface area contributed by atoms with Gasteiger partial charge in [0, 0.05) is 0 Å². The minimum atomic E-state index is -1.75. The summed E-state index contributed by atoms with van der Waals surface area (Å²) in [6.45, 7) is 0. The van der Waals surface area contributed by atoms with Crippen LogP contribution in [-0.2, 0) is 13.0 Å². The van der Waals surface area contributed by atoms with Crippen molar-refractivity contribution >= 4 is 29.1 Å². The fourth-order valence-corrected chi connectivity index (χ4v) is 0. The van der Waals surface area contributed by atoms with Crippen LogP contribution in [0, 0.1) is 4.91 Å². The molecule has 0 aliphatic carbocycles. The van der Waals surface area contributed by atoms with Gasteiger partial charge in [-0.25, -0.2) is 0 Å². The number of hydrogen-bond donors (Lipinski definition) is 0. The molecule has 2 N–H and O–H groups in total. The smallest absolute Gasteiger partial charge is 0.423 e. The second-order valence-electron chi connectivity index (χ2n) is 0.152. The van der Waals surface area contributed by atoms with Gasteiger partial charge < -0.3 is 16.0 Å². The number of nitroso groups, excluding NO2 is 1. The van der Waals surface area contributed by atoms with Crippen LogP contribution in [0.2, 0.25) is 0 Å². The Balaban J connectivity index is -0.0000000480. The molecular weight excluding hydrogens is 253 g/mol. The summed E-state index contributed by atoms with van der Waals surface area (Å²) in [7, 11) is 14.8. The molecule has 0 atom stereocenters. The maximum absolute atomic E-state index is 7.25. The van der Waals surface area contributed by atoms with Gasteiger partial charge in [-0.15, -0.1) is 0 Å². The summed E-state index contributed by atoms with van der Waals surface area (Å²) >= 11 is -1.75. The topological polar surface area (TPSA) is 70.9 Å². The third-order valence-electron chi connectivity index (χ3n) is 0. The van der Waals surface area contributed by atoms with Crippen molar-refractivity contribution in [1.29, 1.82) is 0 Å².